The maximum Gasteiger partial charge on any atom is 0.191 e. The van der Waals surface area contributed by atoms with Gasteiger partial charge in [0.25, 0.3) is 0 Å². The number of nitrogens with zero attached hydrogens (tertiary/aromatic N) is 2. The Bertz CT molecular complexity index is 299. The van der Waals surface area contributed by atoms with Gasteiger partial charge in [0.2, 0.25) is 0 Å². The van der Waals surface area contributed by atoms with Gasteiger partial charge in [-0.25, -0.2) is 0 Å². The summed E-state index contributed by atoms with van der Waals surface area (Å²) in [7, 11) is 2.06. The molecule has 0 spiro atoms. The van der Waals surface area contributed by atoms with Crippen LogP contribution >= 0.6 is 0 Å². The van der Waals surface area contributed by atoms with Crippen LogP contribution < -0.4 is 5.73 Å². The third-order valence-electron chi connectivity index (χ3n) is 4.27. The fourth-order valence-corrected chi connectivity index (χ4v) is 2.87. The summed E-state index contributed by atoms with van der Waals surface area (Å²) in [5.74, 6) is 0.725. The van der Waals surface area contributed by atoms with Gasteiger partial charge in [0.15, 0.2) is 5.96 Å². The summed E-state index contributed by atoms with van der Waals surface area (Å²) in [4.78, 5) is 6.77. The lowest BCUT2D eigenvalue weighted by Gasteiger charge is -2.26. The second-order valence-electron chi connectivity index (χ2n) is 5.72. The topological polar surface area (TPSA) is 41.6 Å². The quantitative estimate of drug-likeness (QED) is 0.452. The number of hydrogen-bond donors (Lipinski definition) is 1. The third-order valence-corrected chi connectivity index (χ3v) is 4.27. The molecular formula is C14H25N3. The van der Waals surface area contributed by atoms with E-state index in [1.54, 1.807) is 0 Å². The van der Waals surface area contributed by atoms with Crippen molar-refractivity contribution in [1.82, 2.24) is 4.90 Å². The Kier molecular flexibility index (Phi) is 3.75. The van der Waals surface area contributed by atoms with Crippen molar-refractivity contribution in [1.29, 1.82) is 0 Å². The predicted octanol–water partition coefficient (Wildman–Crippen LogP) is 2.53. The Balaban J connectivity index is 1.93. The SMILES string of the molecule is C=CCC1(CN=C(N)N(C)C2CC2)CCCC1. The largest absolute Gasteiger partial charge is 0.370 e. The van der Waals surface area contributed by atoms with Gasteiger partial charge < -0.3 is 10.6 Å². The van der Waals surface area contributed by atoms with Crippen LogP contribution in [0.1, 0.15) is 44.9 Å². The third kappa shape index (κ3) is 3.02. The fraction of sp³-hybridized carbons (Fsp3) is 0.786. The van der Waals surface area contributed by atoms with Crippen molar-refractivity contribution >= 4 is 5.96 Å². The summed E-state index contributed by atoms with van der Waals surface area (Å²) < 4.78 is 0. The number of nitrogens with two attached hydrogens (primary N) is 1. The smallest absolute Gasteiger partial charge is 0.191 e. The molecule has 2 aliphatic carbocycles. The first kappa shape index (κ1) is 12.5. The van der Waals surface area contributed by atoms with Gasteiger partial charge in [-0.15, -0.1) is 6.58 Å². The average Bonchev–Trinajstić information content (AvgIpc) is 3.07. The molecule has 3 heteroatoms. The van der Waals surface area contributed by atoms with E-state index in [1.165, 1.54) is 38.5 Å². The zero-order valence-corrected chi connectivity index (χ0v) is 11.0. The summed E-state index contributed by atoms with van der Waals surface area (Å²) in [5, 5.41) is 0. The van der Waals surface area contributed by atoms with Crippen LogP contribution in [0.25, 0.3) is 0 Å². The highest BCUT2D eigenvalue weighted by Gasteiger charge is 2.33. The first-order valence-electron chi connectivity index (χ1n) is 6.80. The molecule has 2 fully saturated rings. The van der Waals surface area contributed by atoms with Crippen LogP contribution in [0.2, 0.25) is 0 Å². The monoisotopic (exact) mass is 235 g/mol. The Morgan fingerprint density at radius 1 is 1.47 bits per heavy atom. The van der Waals surface area contributed by atoms with Gasteiger partial charge >= 0.3 is 0 Å². The van der Waals surface area contributed by atoms with Crippen LogP contribution in [0.15, 0.2) is 17.6 Å². The minimum Gasteiger partial charge on any atom is -0.370 e. The predicted molar refractivity (Wildman–Crippen MR) is 73.0 cm³/mol. The molecule has 0 amide bonds. The number of allylic oxidation sites excluding steroid dienone is 1. The van der Waals surface area contributed by atoms with Crippen molar-refractivity contribution in [2.45, 2.75) is 51.0 Å². The summed E-state index contributed by atoms with van der Waals surface area (Å²) in [5.41, 5.74) is 6.40. The van der Waals surface area contributed by atoms with Crippen LogP contribution in [0, 0.1) is 5.41 Å². The normalized spacial score (nSPS) is 23.7. The van der Waals surface area contributed by atoms with Crippen LogP contribution in [0.5, 0.6) is 0 Å². The van der Waals surface area contributed by atoms with Gasteiger partial charge in [0.1, 0.15) is 0 Å². The Labute approximate surface area is 105 Å². The molecule has 0 aromatic carbocycles. The molecule has 2 rings (SSSR count). The summed E-state index contributed by atoms with van der Waals surface area (Å²) in [6.45, 7) is 4.76. The highest BCUT2D eigenvalue weighted by Crippen LogP contribution is 2.41. The molecular weight excluding hydrogens is 210 g/mol. The van der Waals surface area contributed by atoms with Gasteiger partial charge in [0, 0.05) is 19.6 Å². The van der Waals surface area contributed by atoms with E-state index in [9.17, 15) is 0 Å². The molecule has 0 aromatic heterocycles. The number of aliphatic imine (C=N–C) groups is 1. The molecule has 0 aromatic rings. The zero-order valence-electron chi connectivity index (χ0n) is 11.0. The lowest BCUT2D eigenvalue weighted by Crippen LogP contribution is -2.36. The van der Waals surface area contributed by atoms with Crippen molar-refractivity contribution < 1.29 is 0 Å². The van der Waals surface area contributed by atoms with Crippen LogP contribution in [0.4, 0.5) is 0 Å². The molecule has 2 aliphatic rings. The number of hydrogen-bond acceptors (Lipinski definition) is 1. The van der Waals surface area contributed by atoms with E-state index in [0.29, 0.717) is 11.5 Å². The Hall–Kier alpha value is -0.990. The Morgan fingerprint density at radius 2 is 2.12 bits per heavy atom. The van der Waals surface area contributed by atoms with Crippen LogP contribution in [0.3, 0.4) is 0 Å². The average molecular weight is 235 g/mol. The first-order valence-corrected chi connectivity index (χ1v) is 6.80. The molecule has 96 valence electrons. The van der Waals surface area contributed by atoms with Crippen molar-refractivity contribution in [2.75, 3.05) is 13.6 Å². The Morgan fingerprint density at radius 3 is 2.65 bits per heavy atom. The second-order valence-corrected chi connectivity index (χ2v) is 5.72. The van der Waals surface area contributed by atoms with E-state index in [1.807, 2.05) is 6.08 Å². The minimum absolute atomic E-state index is 0.358. The van der Waals surface area contributed by atoms with Gasteiger partial charge in [-0.2, -0.15) is 0 Å². The molecule has 2 saturated carbocycles. The second kappa shape index (κ2) is 5.11. The van der Waals surface area contributed by atoms with Crippen molar-refractivity contribution in [3.8, 4) is 0 Å². The number of rotatable bonds is 5. The summed E-state index contributed by atoms with van der Waals surface area (Å²) in [6.07, 6.45) is 10.9. The minimum atomic E-state index is 0.358. The van der Waals surface area contributed by atoms with E-state index in [4.69, 9.17) is 5.73 Å². The molecule has 0 aliphatic heterocycles. The van der Waals surface area contributed by atoms with Crippen molar-refractivity contribution in [3.63, 3.8) is 0 Å². The lowest BCUT2D eigenvalue weighted by atomic mass is 9.83. The molecule has 0 radical (unpaired) electrons. The molecule has 0 unspecified atom stereocenters. The van der Waals surface area contributed by atoms with Crippen molar-refractivity contribution in [3.05, 3.63) is 12.7 Å². The highest BCUT2D eigenvalue weighted by molar-refractivity contribution is 5.78. The maximum absolute atomic E-state index is 6.04. The fourth-order valence-electron chi connectivity index (χ4n) is 2.87. The van der Waals surface area contributed by atoms with E-state index in [2.05, 4.69) is 23.5 Å². The van der Waals surface area contributed by atoms with Gasteiger partial charge in [0.05, 0.1) is 0 Å². The van der Waals surface area contributed by atoms with Crippen molar-refractivity contribution in [2.24, 2.45) is 16.1 Å². The van der Waals surface area contributed by atoms with E-state index in [0.717, 1.165) is 18.9 Å². The van der Waals surface area contributed by atoms with Gasteiger partial charge in [-0.3, -0.25) is 4.99 Å². The van der Waals surface area contributed by atoms with Gasteiger partial charge in [-0.1, -0.05) is 18.9 Å². The molecule has 17 heavy (non-hydrogen) atoms. The highest BCUT2D eigenvalue weighted by atomic mass is 15.3. The van der Waals surface area contributed by atoms with E-state index >= 15 is 0 Å². The maximum atomic E-state index is 6.04. The molecule has 0 atom stereocenters. The zero-order chi connectivity index (χ0) is 12.3. The molecule has 3 nitrogen and oxygen atoms in total. The van der Waals surface area contributed by atoms with Crippen LogP contribution in [-0.2, 0) is 0 Å². The van der Waals surface area contributed by atoms with E-state index in [-0.39, 0.29) is 0 Å². The molecule has 0 heterocycles. The van der Waals surface area contributed by atoms with Crippen LogP contribution in [-0.4, -0.2) is 30.5 Å². The molecule has 2 N–H and O–H groups in total. The molecule has 0 saturated heterocycles. The lowest BCUT2D eigenvalue weighted by molar-refractivity contribution is 0.312. The van der Waals surface area contributed by atoms with Gasteiger partial charge in [-0.05, 0) is 37.5 Å². The summed E-state index contributed by atoms with van der Waals surface area (Å²) in [6, 6.07) is 0.651. The van der Waals surface area contributed by atoms with E-state index < -0.39 is 0 Å². The first-order chi connectivity index (χ1) is 8.17. The molecule has 0 bridgehead atoms. The summed E-state index contributed by atoms with van der Waals surface area (Å²) >= 11 is 0. The number of guanidine groups is 1. The standard InChI is InChI=1S/C14H25N3/c1-3-8-14(9-4-5-10-14)11-16-13(15)17(2)12-6-7-12/h3,12H,1,4-11H2,2H3,(H2,15,16).